The van der Waals surface area contributed by atoms with Crippen molar-refractivity contribution in [2.75, 3.05) is 21.3 Å². The topological polar surface area (TPSA) is 166 Å². The number of esters is 3. The number of fused-ring (bicyclic) bond motifs is 9. The van der Waals surface area contributed by atoms with Crippen LogP contribution >= 0.6 is 0 Å². The van der Waals surface area contributed by atoms with E-state index in [1.165, 1.54) is 21.3 Å². The number of amides is 3. The molecule has 0 aromatic heterocycles. The smallest absolute Gasteiger partial charge is 0.328 e. The lowest BCUT2D eigenvalue weighted by molar-refractivity contribution is -0.159. The molecule has 0 unspecified atom stereocenters. The average Bonchev–Trinajstić information content (AvgIpc) is 2.92. The number of benzene rings is 1. The summed E-state index contributed by atoms with van der Waals surface area (Å²) in [7, 11) is 3.69. The zero-order valence-electron chi connectivity index (χ0n) is 24.9. The Morgan fingerprint density at radius 3 is 1.02 bits per heavy atom. The van der Waals surface area contributed by atoms with Crippen LogP contribution in [0, 0.1) is 16.2 Å². The Bertz CT molecular complexity index is 1150. The molecule has 0 spiro atoms. The van der Waals surface area contributed by atoms with Crippen LogP contribution < -0.4 is 16.0 Å². The van der Waals surface area contributed by atoms with Gasteiger partial charge in [0.05, 0.1) is 21.3 Å². The molecule has 1 aromatic carbocycles. The molecule has 3 atom stereocenters. The molecule has 3 amide bonds. The largest absolute Gasteiger partial charge is 0.467 e. The molecule has 0 radical (unpaired) electrons. The molecule has 42 heavy (non-hydrogen) atoms. The molecule has 3 aliphatic heterocycles. The van der Waals surface area contributed by atoms with E-state index < -0.39 is 70.0 Å². The number of hydrogen-bond acceptors (Lipinski definition) is 9. The Kier molecular flexibility index (Phi) is 8.39. The third kappa shape index (κ3) is 5.98. The molecule has 1 saturated carbocycles. The van der Waals surface area contributed by atoms with Crippen molar-refractivity contribution < 1.29 is 43.0 Å². The number of methoxy groups -OCH3 is 3. The van der Waals surface area contributed by atoms with Crippen molar-refractivity contribution in [2.45, 2.75) is 77.4 Å². The molecular formula is C30H39N3O9. The highest BCUT2D eigenvalue weighted by atomic mass is 16.5. The van der Waals surface area contributed by atoms with Crippen molar-refractivity contribution in [1.29, 1.82) is 0 Å². The quantitative estimate of drug-likeness (QED) is 0.339. The van der Waals surface area contributed by atoms with E-state index in [0.717, 1.165) is 0 Å². The summed E-state index contributed by atoms with van der Waals surface area (Å²) in [4.78, 5) is 80.8. The van der Waals surface area contributed by atoms with Gasteiger partial charge in [0, 0.05) is 35.5 Å². The van der Waals surface area contributed by atoms with E-state index in [1.807, 2.05) is 0 Å². The summed E-state index contributed by atoms with van der Waals surface area (Å²) in [6, 6.07) is 2.09. The molecule has 3 heterocycles. The van der Waals surface area contributed by atoms with E-state index in [9.17, 15) is 28.8 Å². The van der Waals surface area contributed by atoms with Crippen molar-refractivity contribution >= 4 is 35.6 Å². The van der Waals surface area contributed by atoms with Crippen LogP contribution in [0.5, 0.6) is 0 Å². The maximum atomic E-state index is 14.0. The predicted molar refractivity (Wildman–Crippen MR) is 148 cm³/mol. The zero-order valence-corrected chi connectivity index (χ0v) is 24.9. The molecule has 3 N–H and O–H groups in total. The van der Waals surface area contributed by atoms with Gasteiger partial charge in [0.25, 0.3) is 0 Å². The average molecular weight is 586 g/mol. The first-order chi connectivity index (χ1) is 19.6. The van der Waals surface area contributed by atoms with Crippen molar-refractivity contribution in [1.82, 2.24) is 16.0 Å². The van der Waals surface area contributed by atoms with Gasteiger partial charge in [-0.05, 0) is 36.0 Å². The minimum Gasteiger partial charge on any atom is -0.467 e. The lowest BCUT2D eigenvalue weighted by Gasteiger charge is -2.51. The molecule has 0 saturated heterocycles. The van der Waals surface area contributed by atoms with Crippen LogP contribution in [0.1, 0.15) is 56.7 Å². The second-order valence-corrected chi connectivity index (χ2v) is 12.6. The van der Waals surface area contributed by atoms with E-state index in [0.29, 0.717) is 16.7 Å². The Balaban J connectivity index is 2.02. The number of ether oxygens (including phenoxy) is 3. The van der Waals surface area contributed by atoms with Crippen LogP contribution in [0.25, 0.3) is 0 Å². The SMILES string of the molecule is COC(=O)[C@@H]1Cc2cc3cc(c2)C[C@@H](C(=O)OC)NC(=O)C2(C)CC(C)(CC(C)(C2)C(=O)N[C@H](C(=O)OC)C3)C(=O)N1. The minimum atomic E-state index is -1.30. The normalized spacial score (nSPS) is 33.0. The van der Waals surface area contributed by atoms with E-state index in [2.05, 4.69) is 16.0 Å². The zero-order chi connectivity index (χ0) is 31.0. The highest BCUT2D eigenvalue weighted by molar-refractivity contribution is 5.94. The number of hydrogen-bond donors (Lipinski definition) is 3. The van der Waals surface area contributed by atoms with Gasteiger partial charge in [0.15, 0.2) is 0 Å². The number of rotatable bonds is 3. The maximum absolute atomic E-state index is 14.0. The molecule has 1 fully saturated rings. The summed E-state index contributed by atoms with van der Waals surface area (Å²) in [5.74, 6) is -3.53. The van der Waals surface area contributed by atoms with Gasteiger partial charge in [-0.15, -0.1) is 0 Å². The highest BCUT2D eigenvalue weighted by Crippen LogP contribution is 2.55. The van der Waals surface area contributed by atoms with E-state index in [4.69, 9.17) is 14.2 Å². The minimum absolute atomic E-state index is 0.0260. The first-order valence-electron chi connectivity index (χ1n) is 13.9. The molecular weight excluding hydrogens is 546 g/mol. The van der Waals surface area contributed by atoms with Gasteiger partial charge in [-0.3, -0.25) is 14.4 Å². The summed E-state index contributed by atoms with van der Waals surface area (Å²) < 4.78 is 15.1. The standard InChI is InChI=1S/C30H39N3O9/c1-28-13-29(2)15-30(3,14-28)27(39)33-21(24(36)42-6)12-18-8-16(10-19(22(34)40-4)31-25(28)37)7-17(9-18)11-20(23(35)41-5)32-26(29)38/h7-9,19-21H,10-15H2,1-6H3,(H,31,37)(H,32,38)(H,33,39)/t19-,20-,21-,28?,29?,30?/m0/s1. The van der Waals surface area contributed by atoms with Gasteiger partial charge in [-0.2, -0.15) is 0 Å². The van der Waals surface area contributed by atoms with Gasteiger partial charge in [0.2, 0.25) is 17.7 Å². The summed E-state index contributed by atoms with van der Waals surface area (Å²) in [5.41, 5.74) is -2.07. The van der Waals surface area contributed by atoms with Crippen LogP contribution in [-0.2, 0) is 62.2 Å². The first kappa shape index (κ1) is 31.0. The number of nitrogens with one attached hydrogen (secondary N) is 3. The highest BCUT2D eigenvalue weighted by Gasteiger charge is 2.58. The Morgan fingerprint density at radius 1 is 0.571 bits per heavy atom. The Morgan fingerprint density at radius 2 is 0.810 bits per heavy atom. The monoisotopic (exact) mass is 585 g/mol. The van der Waals surface area contributed by atoms with Crippen molar-refractivity contribution in [3.8, 4) is 0 Å². The molecule has 12 nitrogen and oxygen atoms in total. The molecule has 6 bridgehead atoms. The van der Waals surface area contributed by atoms with Crippen LogP contribution in [0.3, 0.4) is 0 Å². The molecule has 4 aliphatic rings. The predicted octanol–water partition coefficient (Wildman–Crippen LogP) is 0.518. The van der Waals surface area contributed by atoms with Crippen molar-refractivity contribution in [2.24, 2.45) is 16.2 Å². The van der Waals surface area contributed by atoms with E-state index >= 15 is 0 Å². The summed E-state index contributed by atoms with van der Waals surface area (Å²) in [5, 5.41) is 8.51. The fraction of sp³-hybridized carbons (Fsp3) is 0.600. The van der Waals surface area contributed by atoms with Gasteiger partial charge >= 0.3 is 17.9 Å². The summed E-state index contributed by atoms with van der Waals surface area (Å²) in [6.45, 7) is 4.96. The Labute approximate surface area is 244 Å². The second-order valence-electron chi connectivity index (χ2n) is 12.6. The molecule has 12 heteroatoms. The fourth-order valence-electron chi connectivity index (χ4n) is 7.16. The third-order valence-corrected chi connectivity index (χ3v) is 8.79. The molecule has 1 aromatic rings. The lowest BCUT2D eigenvalue weighted by Crippen LogP contribution is -2.61. The second kappa shape index (κ2) is 11.4. The van der Waals surface area contributed by atoms with Crippen LogP contribution in [0.4, 0.5) is 0 Å². The number of carbonyl (C=O) groups is 6. The van der Waals surface area contributed by atoms with Crippen LogP contribution in [-0.4, -0.2) is 75.1 Å². The number of carbonyl (C=O) groups excluding carboxylic acids is 6. The van der Waals surface area contributed by atoms with Crippen molar-refractivity contribution in [3.63, 3.8) is 0 Å². The summed E-state index contributed by atoms with van der Waals surface area (Å²) >= 11 is 0. The van der Waals surface area contributed by atoms with Gasteiger partial charge < -0.3 is 30.2 Å². The Hall–Kier alpha value is -3.96. The van der Waals surface area contributed by atoms with Crippen LogP contribution in [0.2, 0.25) is 0 Å². The lowest BCUT2D eigenvalue weighted by atomic mass is 9.53. The third-order valence-electron chi connectivity index (χ3n) is 8.79. The van der Waals surface area contributed by atoms with E-state index in [-0.39, 0.29) is 38.5 Å². The van der Waals surface area contributed by atoms with Gasteiger partial charge in [-0.25, -0.2) is 14.4 Å². The maximum Gasteiger partial charge on any atom is 0.328 e. The summed E-state index contributed by atoms with van der Waals surface area (Å²) in [6.07, 6.45) is 0.270. The molecule has 5 rings (SSSR count). The molecule has 228 valence electrons. The van der Waals surface area contributed by atoms with Gasteiger partial charge in [-0.1, -0.05) is 39.0 Å². The van der Waals surface area contributed by atoms with Crippen LogP contribution in [0.15, 0.2) is 18.2 Å². The molecule has 1 aliphatic carbocycles. The fourth-order valence-corrected chi connectivity index (χ4v) is 7.16. The first-order valence-corrected chi connectivity index (χ1v) is 13.9. The van der Waals surface area contributed by atoms with E-state index in [1.54, 1.807) is 39.0 Å². The van der Waals surface area contributed by atoms with Crippen molar-refractivity contribution in [3.05, 3.63) is 34.9 Å². The van der Waals surface area contributed by atoms with Gasteiger partial charge in [0.1, 0.15) is 18.1 Å².